The average Bonchev–Trinajstić information content (AvgIpc) is 3.44. The fourth-order valence-electron chi connectivity index (χ4n) is 5.91. The standard InChI is InChI=1S/C31H31Cl2F2N3O2/c1-18-15-23(30(39)37-22-13-14-24(32)25(33)16-22)29(19-9-11-21(12-10-19)36-20-5-2-3-6-20)38(17-18)31(40)28-26(34)7-4-8-27(28)35/h4,7-14,16,18,20,23,29,36H,2-3,5-6,15,17H2,1H3,(H,37,39)/t18-,23+,29?/m1/s1. The van der Waals surface area contributed by atoms with Gasteiger partial charge in [0.15, 0.2) is 0 Å². The first-order valence-corrected chi connectivity index (χ1v) is 14.3. The van der Waals surface area contributed by atoms with Gasteiger partial charge >= 0.3 is 0 Å². The highest BCUT2D eigenvalue weighted by molar-refractivity contribution is 6.42. The third kappa shape index (κ3) is 6.11. The molecule has 1 aliphatic heterocycles. The molecule has 1 saturated heterocycles. The summed E-state index contributed by atoms with van der Waals surface area (Å²) in [7, 11) is 0. The van der Waals surface area contributed by atoms with E-state index in [0.29, 0.717) is 33.8 Å². The number of nitrogens with one attached hydrogen (secondary N) is 2. The maximum absolute atomic E-state index is 14.7. The fourth-order valence-corrected chi connectivity index (χ4v) is 6.21. The van der Waals surface area contributed by atoms with Crippen LogP contribution in [0.5, 0.6) is 0 Å². The summed E-state index contributed by atoms with van der Waals surface area (Å²) < 4.78 is 29.5. The van der Waals surface area contributed by atoms with E-state index in [1.807, 2.05) is 31.2 Å². The van der Waals surface area contributed by atoms with Gasteiger partial charge in [-0.05, 0) is 73.2 Å². The molecule has 0 bridgehead atoms. The lowest BCUT2D eigenvalue weighted by molar-refractivity contribution is -0.124. The molecule has 1 heterocycles. The van der Waals surface area contributed by atoms with Crippen molar-refractivity contribution < 1.29 is 18.4 Å². The van der Waals surface area contributed by atoms with Gasteiger partial charge in [0, 0.05) is 24.0 Å². The lowest BCUT2D eigenvalue weighted by Crippen LogP contribution is -2.49. The van der Waals surface area contributed by atoms with Gasteiger partial charge in [-0.2, -0.15) is 0 Å². The zero-order valence-electron chi connectivity index (χ0n) is 22.1. The topological polar surface area (TPSA) is 61.4 Å². The molecular weight excluding hydrogens is 555 g/mol. The van der Waals surface area contributed by atoms with E-state index in [0.717, 1.165) is 30.7 Å². The number of rotatable bonds is 6. The predicted molar refractivity (Wildman–Crippen MR) is 155 cm³/mol. The van der Waals surface area contributed by atoms with Crippen molar-refractivity contribution in [3.05, 3.63) is 93.5 Å². The molecule has 5 nitrogen and oxygen atoms in total. The molecule has 2 amide bonds. The smallest absolute Gasteiger partial charge is 0.260 e. The Morgan fingerprint density at radius 1 is 0.900 bits per heavy atom. The molecule has 5 rings (SSSR count). The van der Waals surface area contributed by atoms with E-state index < -0.39 is 35.1 Å². The zero-order valence-corrected chi connectivity index (χ0v) is 23.6. The maximum Gasteiger partial charge on any atom is 0.260 e. The van der Waals surface area contributed by atoms with Gasteiger partial charge in [-0.3, -0.25) is 9.59 Å². The highest BCUT2D eigenvalue weighted by Gasteiger charge is 2.43. The summed E-state index contributed by atoms with van der Waals surface area (Å²) in [5, 5.41) is 7.10. The maximum atomic E-state index is 14.7. The molecule has 3 aromatic rings. The third-order valence-corrected chi connectivity index (χ3v) is 8.56. The van der Waals surface area contributed by atoms with Gasteiger partial charge in [0.25, 0.3) is 5.91 Å². The van der Waals surface area contributed by atoms with Crippen molar-refractivity contribution in [3.8, 4) is 0 Å². The number of amides is 2. The number of hydrogen-bond donors (Lipinski definition) is 2. The molecule has 0 aromatic heterocycles. The van der Waals surface area contributed by atoms with Gasteiger partial charge in [-0.15, -0.1) is 0 Å². The molecule has 1 aliphatic carbocycles. The van der Waals surface area contributed by atoms with Crippen LogP contribution in [0.1, 0.15) is 61.0 Å². The van der Waals surface area contributed by atoms with Crippen LogP contribution in [0.3, 0.4) is 0 Å². The van der Waals surface area contributed by atoms with Crippen molar-refractivity contribution in [1.82, 2.24) is 4.90 Å². The van der Waals surface area contributed by atoms with Crippen molar-refractivity contribution in [2.75, 3.05) is 17.2 Å². The van der Waals surface area contributed by atoms with Crippen LogP contribution < -0.4 is 10.6 Å². The van der Waals surface area contributed by atoms with Crippen molar-refractivity contribution in [2.45, 2.75) is 51.1 Å². The number of anilines is 2. The third-order valence-electron chi connectivity index (χ3n) is 7.82. The summed E-state index contributed by atoms with van der Waals surface area (Å²) in [6, 6.07) is 15.5. The second kappa shape index (κ2) is 12.1. The quantitative estimate of drug-likeness (QED) is 0.307. The minimum atomic E-state index is -0.935. The van der Waals surface area contributed by atoms with E-state index >= 15 is 0 Å². The number of hydrogen-bond acceptors (Lipinski definition) is 3. The van der Waals surface area contributed by atoms with Gasteiger partial charge in [0.05, 0.1) is 22.0 Å². The Balaban J connectivity index is 1.50. The Morgan fingerprint density at radius 2 is 1.55 bits per heavy atom. The molecule has 2 aliphatic rings. The highest BCUT2D eigenvalue weighted by Crippen LogP contribution is 2.41. The van der Waals surface area contributed by atoms with Crippen molar-refractivity contribution in [2.24, 2.45) is 11.8 Å². The molecule has 0 spiro atoms. The van der Waals surface area contributed by atoms with Crippen LogP contribution in [0, 0.1) is 23.5 Å². The van der Waals surface area contributed by atoms with Crippen LogP contribution in [-0.4, -0.2) is 29.3 Å². The molecule has 3 aromatic carbocycles. The van der Waals surface area contributed by atoms with Gasteiger partial charge in [-0.1, -0.05) is 61.2 Å². The Kier molecular flexibility index (Phi) is 8.62. The molecule has 9 heteroatoms. The van der Waals surface area contributed by atoms with E-state index in [2.05, 4.69) is 10.6 Å². The van der Waals surface area contributed by atoms with Crippen molar-refractivity contribution in [3.63, 3.8) is 0 Å². The van der Waals surface area contributed by atoms with Crippen molar-refractivity contribution in [1.29, 1.82) is 0 Å². The second-order valence-corrected chi connectivity index (χ2v) is 11.6. The monoisotopic (exact) mass is 585 g/mol. The Morgan fingerprint density at radius 3 is 2.20 bits per heavy atom. The predicted octanol–water partition coefficient (Wildman–Crippen LogP) is 8.10. The molecule has 2 N–H and O–H groups in total. The number of benzene rings is 3. The minimum absolute atomic E-state index is 0.0945. The summed E-state index contributed by atoms with van der Waals surface area (Å²) >= 11 is 12.2. The molecule has 2 fully saturated rings. The van der Waals surface area contributed by atoms with Crippen LogP contribution in [0.15, 0.2) is 60.7 Å². The van der Waals surface area contributed by atoms with Gasteiger partial charge < -0.3 is 15.5 Å². The number of piperidine rings is 1. The Labute approximate surface area is 242 Å². The van der Waals surface area contributed by atoms with Crippen LogP contribution in [0.4, 0.5) is 20.2 Å². The Bertz CT molecular complexity index is 1380. The van der Waals surface area contributed by atoms with Crippen LogP contribution in [0.2, 0.25) is 10.0 Å². The summed E-state index contributed by atoms with van der Waals surface area (Å²) in [6.45, 7) is 2.16. The summed E-state index contributed by atoms with van der Waals surface area (Å²) in [5.74, 6) is -3.76. The number of halogens is 4. The lowest BCUT2D eigenvalue weighted by Gasteiger charge is -2.43. The molecule has 3 atom stereocenters. The van der Waals surface area contributed by atoms with Gasteiger partial charge in [0.2, 0.25) is 5.91 Å². The summed E-state index contributed by atoms with van der Waals surface area (Å²) in [5.41, 5.74) is 1.51. The second-order valence-electron chi connectivity index (χ2n) is 10.8. The highest BCUT2D eigenvalue weighted by atomic mass is 35.5. The molecule has 210 valence electrons. The summed E-state index contributed by atoms with van der Waals surface area (Å²) in [6.07, 6.45) is 5.12. The normalized spacial score (nSPS) is 21.3. The molecule has 0 radical (unpaired) electrons. The van der Waals surface area contributed by atoms with Crippen molar-refractivity contribution >= 4 is 46.4 Å². The van der Waals surface area contributed by atoms with Crippen LogP contribution in [0.25, 0.3) is 0 Å². The molecular formula is C31H31Cl2F2N3O2. The number of likely N-dealkylation sites (tertiary alicyclic amines) is 1. The largest absolute Gasteiger partial charge is 0.382 e. The number of carbonyl (C=O) groups excluding carboxylic acids is 2. The first-order valence-electron chi connectivity index (χ1n) is 13.6. The lowest BCUT2D eigenvalue weighted by atomic mass is 9.79. The number of carbonyl (C=O) groups is 2. The van der Waals surface area contributed by atoms with E-state index in [-0.39, 0.29) is 18.4 Å². The number of nitrogens with zero attached hydrogens (tertiary/aromatic N) is 1. The fraction of sp³-hybridized carbons (Fsp3) is 0.355. The molecule has 1 unspecified atom stereocenters. The van der Waals surface area contributed by atoms with E-state index in [9.17, 15) is 18.4 Å². The van der Waals surface area contributed by atoms with Gasteiger partial charge in [-0.25, -0.2) is 8.78 Å². The Hall–Kier alpha value is -3.16. The van der Waals surface area contributed by atoms with E-state index in [1.165, 1.54) is 23.8 Å². The summed E-state index contributed by atoms with van der Waals surface area (Å²) in [4.78, 5) is 28.9. The van der Waals surface area contributed by atoms with Gasteiger partial charge in [0.1, 0.15) is 17.2 Å². The average molecular weight is 587 g/mol. The van der Waals surface area contributed by atoms with E-state index in [4.69, 9.17) is 23.2 Å². The van der Waals surface area contributed by atoms with E-state index in [1.54, 1.807) is 18.2 Å². The first kappa shape index (κ1) is 28.4. The minimum Gasteiger partial charge on any atom is -0.382 e. The first-order chi connectivity index (χ1) is 19.2. The molecule has 1 saturated carbocycles. The zero-order chi connectivity index (χ0) is 28.4. The van der Waals surface area contributed by atoms with Crippen LogP contribution >= 0.6 is 23.2 Å². The molecule has 40 heavy (non-hydrogen) atoms. The SMILES string of the molecule is C[C@@H]1C[C@H](C(=O)Nc2ccc(Cl)c(Cl)c2)C(c2ccc(NC3CCCC3)cc2)N(C(=O)c2c(F)cccc2F)C1. The van der Waals surface area contributed by atoms with Crippen LogP contribution in [-0.2, 0) is 4.79 Å².